The molecule has 60 valence electrons. The van der Waals surface area contributed by atoms with Crippen LogP contribution in [0.15, 0.2) is 18.2 Å². The smallest absolute Gasteiger partial charge is 0.0471 e. The molecule has 0 atom stereocenters. The maximum absolute atomic E-state index is 8.62. The van der Waals surface area contributed by atoms with E-state index in [0.29, 0.717) is 17.1 Å². The third-order valence-electron chi connectivity index (χ3n) is 1.38. The van der Waals surface area contributed by atoms with E-state index < -0.39 is 0 Å². The molecule has 1 aromatic rings. The molecule has 0 heterocycles. The number of rotatable bonds is 2. The van der Waals surface area contributed by atoms with E-state index in [4.69, 9.17) is 22.4 Å². The first kappa shape index (κ1) is 8.37. The van der Waals surface area contributed by atoms with Gasteiger partial charge in [-0.1, -0.05) is 11.6 Å². The van der Waals surface area contributed by atoms with Crippen LogP contribution in [0.3, 0.4) is 0 Å². The van der Waals surface area contributed by atoms with Gasteiger partial charge in [-0.2, -0.15) is 0 Å². The van der Waals surface area contributed by atoms with Crippen LogP contribution >= 0.6 is 11.6 Å². The monoisotopic (exact) mass is 171 g/mol. The van der Waals surface area contributed by atoms with E-state index in [2.05, 4.69) is 0 Å². The first-order valence-electron chi connectivity index (χ1n) is 3.38. The van der Waals surface area contributed by atoms with Crippen molar-refractivity contribution in [1.29, 1.82) is 0 Å². The fourth-order valence-corrected chi connectivity index (χ4v) is 1.21. The van der Waals surface area contributed by atoms with Gasteiger partial charge in [0, 0.05) is 17.3 Å². The van der Waals surface area contributed by atoms with Gasteiger partial charge in [0.05, 0.1) is 0 Å². The van der Waals surface area contributed by atoms with Crippen molar-refractivity contribution in [2.75, 3.05) is 12.3 Å². The average Bonchev–Trinajstić information content (AvgIpc) is 1.85. The Morgan fingerprint density at radius 3 is 2.64 bits per heavy atom. The van der Waals surface area contributed by atoms with Crippen LogP contribution < -0.4 is 5.73 Å². The van der Waals surface area contributed by atoms with Gasteiger partial charge in [-0.3, -0.25) is 0 Å². The second-order valence-electron chi connectivity index (χ2n) is 2.37. The van der Waals surface area contributed by atoms with Crippen LogP contribution in [0.4, 0.5) is 5.69 Å². The Hall–Kier alpha value is -0.730. The Balaban J connectivity index is 2.89. The molecule has 0 saturated heterocycles. The standard InChI is InChI=1S/C8H10ClNO/c9-7-3-6(1-2-11)4-8(10)5-7/h3-5,11H,1-2,10H2. The second kappa shape index (κ2) is 3.60. The molecule has 2 nitrogen and oxygen atoms in total. The van der Waals surface area contributed by atoms with Crippen molar-refractivity contribution in [2.24, 2.45) is 0 Å². The van der Waals surface area contributed by atoms with Gasteiger partial charge in [0.25, 0.3) is 0 Å². The van der Waals surface area contributed by atoms with Crippen LogP contribution in [0, 0.1) is 0 Å². The number of hydrogen-bond acceptors (Lipinski definition) is 2. The van der Waals surface area contributed by atoms with E-state index in [1.54, 1.807) is 12.1 Å². The predicted octanol–water partition coefficient (Wildman–Crippen LogP) is 1.46. The highest BCUT2D eigenvalue weighted by Gasteiger charge is 1.95. The molecule has 0 aliphatic heterocycles. The normalized spacial score (nSPS) is 10.0. The average molecular weight is 172 g/mol. The first-order chi connectivity index (χ1) is 5.22. The lowest BCUT2D eigenvalue weighted by Gasteiger charge is -2.00. The van der Waals surface area contributed by atoms with E-state index in [1.165, 1.54) is 0 Å². The number of halogens is 1. The Bertz CT molecular complexity index is 230. The molecule has 0 fully saturated rings. The highest BCUT2D eigenvalue weighted by atomic mass is 35.5. The topological polar surface area (TPSA) is 46.2 Å². The summed E-state index contributed by atoms with van der Waals surface area (Å²) in [5.74, 6) is 0. The lowest BCUT2D eigenvalue weighted by atomic mass is 10.1. The third kappa shape index (κ3) is 2.41. The molecule has 1 rings (SSSR count). The molecule has 1 aromatic carbocycles. The third-order valence-corrected chi connectivity index (χ3v) is 1.60. The number of benzene rings is 1. The number of nitrogens with two attached hydrogens (primary N) is 1. The fraction of sp³-hybridized carbons (Fsp3) is 0.250. The van der Waals surface area contributed by atoms with Crippen LogP contribution in [-0.2, 0) is 6.42 Å². The van der Waals surface area contributed by atoms with E-state index in [0.717, 1.165) is 5.56 Å². The molecule has 0 aliphatic carbocycles. The van der Waals surface area contributed by atoms with Gasteiger partial charge in [-0.15, -0.1) is 0 Å². The second-order valence-corrected chi connectivity index (χ2v) is 2.80. The first-order valence-corrected chi connectivity index (χ1v) is 3.76. The van der Waals surface area contributed by atoms with Gasteiger partial charge in [0.15, 0.2) is 0 Å². The van der Waals surface area contributed by atoms with Crippen molar-refractivity contribution in [3.63, 3.8) is 0 Å². The van der Waals surface area contributed by atoms with Crippen molar-refractivity contribution in [1.82, 2.24) is 0 Å². The molecule has 0 aliphatic rings. The summed E-state index contributed by atoms with van der Waals surface area (Å²) in [7, 11) is 0. The van der Waals surface area contributed by atoms with E-state index in [9.17, 15) is 0 Å². The summed E-state index contributed by atoms with van der Waals surface area (Å²) in [5.41, 5.74) is 7.13. The zero-order valence-electron chi connectivity index (χ0n) is 6.05. The minimum Gasteiger partial charge on any atom is -0.399 e. The van der Waals surface area contributed by atoms with Crippen molar-refractivity contribution < 1.29 is 5.11 Å². The lowest BCUT2D eigenvalue weighted by Crippen LogP contribution is -1.92. The minimum atomic E-state index is 0.125. The molecule has 0 bridgehead atoms. The van der Waals surface area contributed by atoms with Crippen molar-refractivity contribution >= 4 is 17.3 Å². The van der Waals surface area contributed by atoms with Crippen LogP contribution in [0.25, 0.3) is 0 Å². The summed E-state index contributed by atoms with van der Waals surface area (Å²) in [6.07, 6.45) is 0.602. The number of nitrogen functional groups attached to an aromatic ring is 1. The number of aliphatic hydroxyl groups is 1. The Morgan fingerprint density at radius 2 is 2.09 bits per heavy atom. The number of anilines is 1. The van der Waals surface area contributed by atoms with Gasteiger partial charge in [-0.25, -0.2) is 0 Å². The maximum Gasteiger partial charge on any atom is 0.0471 e. The van der Waals surface area contributed by atoms with Gasteiger partial charge < -0.3 is 10.8 Å². The van der Waals surface area contributed by atoms with Crippen molar-refractivity contribution in [2.45, 2.75) is 6.42 Å². The predicted molar refractivity (Wildman–Crippen MR) is 46.7 cm³/mol. The highest BCUT2D eigenvalue weighted by Crippen LogP contribution is 2.16. The summed E-state index contributed by atoms with van der Waals surface area (Å²) in [6, 6.07) is 5.29. The van der Waals surface area contributed by atoms with Crippen molar-refractivity contribution in [3.8, 4) is 0 Å². The van der Waals surface area contributed by atoms with E-state index in [1.807, 2.05) is 6.07 Å². The summed E-state index contributed by atoms with van der Waals surface area (Å²) in [4.78, 5) is 0. The Kier molecular flexibility index (Phi) is 2.74. The molecule has 0 saturated carbocycles. The SMILES string of the molecule is Nc1cc(Cl)cc(CCO)c1. The maximum atomic E-state index is 8.62. The van der Waals surface area contributed by atoms with Crippen LogP contribution in [0.5, 0.6) is 0 Å². The largest absolute Gasteiger partial charge is 0.399 e. The summed E-state index contributed by atoms with van der Waals surface area (Å²) in [5, 5.41) is 9.24. The van der Waals surface area contributed by atoms with Crippen LogP contribution in [0.1, 0.15) is 5.56 Å². The molecular weight excluding hydrogens is 162 g/mol. The van der Waals surface area contributed by atoms with Gasteiger partial charge in [0.1, 0.15) is 0 Å². The zero-order chi connectivity index (χ0) is 8.27. The Morgan fingerprint density at radius 1 is 1.36 bits per heavy atom. The highest BCUT2D eigenvalue weighted by molar-refractivity contribution is 6.30. The number of hydrogen-bond donors (Lipinski definition) is 2. The molecule has 3 N–H and O–H groups in total. The molecule has 0 radical (unpaired) electrons. The van der Waals surface area contributed by atoms with E-state index in [-0.39, 0.29) is 6.61 Å². The quantitative estimate of drug-likeness (QED) is 0.662. The zero-order valence-corrected chi connectivity index (χ0v) is 6.80. The molecule has 11 heavy (non-hydrogen) atoms. The molecule has 0 aromatic heterocycles. The van der Waals surface area contributed by atoms with Crippen molar-refractivity contribution in [3.05, 3.63) is 28.8 Å². The Labute approximate surface area is 70.6 Å². The minimum absolute atomic E-state index is 0.125. The molecular formula is C8H10ClNO. The van der Waals surface area contributed by atoms with Crippen LogP contribution in [-0.4, -0.2) is 11.7 Å². The molecule has 0 spiro atoms. The van der Waals surface area contributed by atoms with Crippen LogP contribution in [0.2, 0.25) is 5.02 Å². The summed E-state index contributed by atoms with van der Waals surface area (Å²) >= 11 is 5.72. The van der Waals surface area contributed by atoms with Gasteiger partial charge in [-0.05, 0) is 30.2 Å². The van der Waals surface area contributed by atoms with Gasteiger partial charge >= 0.3 is 0 Å². The number of aliphatic hydroxyl groups excluding tert-OH is 1. The summed E-state index contributed by atoms with van der Waals surface area (Å²) < 4.78 is 0. The lowest BCUT2D eigenvalue weighted by molar-refractivity contribution is 0.299. The molecule has 0 amide bonds. The fourth-order valence-electron chi connectivity index (χ4n) is 0.949. The molecule has 3 heteroatoms. The molecule has 0 unspecified atom stereocenters. The van der Waals surface area contributed by atoms with Gasteiger partial charge in [0.2, 0.25) is 0 Å². The van der Waals surface area contributed by atoms with E-state index >= 15 is 0 Å². The summed E-state index contributed by atoms with van der Waals surface area (Å²) in [6.45, 7) is 0.125.